The van der Waals surface area contributed by atoms with Gasteiger partial charge in [-0.1, -0.05) is 36.7 Å². The number of tetrazole rings is 1. The molecule has 0 amide bonds. The molecule has 1 saturated heterocycles. The fourth-order valence-electron chi connectivity index (χ4n) is 4.20. The predicted molar refractivity (Wildman–Crippen MR) is 117 cm³/mol. The van der Waals surface area contributed by atoms with Crippen molar-refractivity contribution in [2.75, 3.05) is 38.2 Å². The lowest BCUT2D eigenvalue weighted by molar-refractivity contribution is -0.933. The summed E-state index contributed by atoms with van der Waals surface area (Å²) in [6.07, 6.45) is 0.996. The number of piperazine rings is 1. The Bertz CT molecular complexity index is 952. The van der Waals surface area contributed by atoms with Gasteiger partial charge in [-0.2, -0.15) is 0 Å². The molecule has 2 heterocycles. The van der Waals surface area contributed by atoms with Gasteiger partial charge in [0, 0.05) is 17.1 Å². The zero-order chi connectivity index (χ0) is 20.9. The van der Waals surface area contributed by atoms with Gasteiger partial charge < -0.3 is 14.5 Å². The van der Waals surface area contributed by atoms with Gasteiger partial charge in [0.15, 0.2) is 0 Å². The van der Waals surface area contributed by atoms with E-state index in [1.807, 2.05) is 35.0 Å². The number of aromatic nitrogens is 4. The van der Waals surface area contributed by atoms with Crippen LogP contribution in [0.15, 0.2) is 48.5 Å². The average Bonchev–Trinajstić information content (AvgIpc) is 3.23. The average molecular weight is 428 g/mol. The maximum atomic E-state index is 6.17. The van der Waals surface area contributed by atoms with E-state index in [4.69, 9.17) is 16.3 Å². The molecule has 1 fully saturated rings. The third-order valence-electron chi connectivity index (χ3n) is 5.84. The van der Waals surface area contributed by atoms with Crippen molar-refractivity contribution < 1.29 is 9.64 Å². The summed E-state index contributed by atoms with van der Waals surface area (Å²) in [6, 6.07) is 16.4. The molecule has 1 aliphatic rings. The van der Waals surface area contributed by atoms with Gasteiger partial charge in [0.2, 0.25) is 5.82 Å². The van der Waals surface area contributed by atoms with Crippen molar-refractivity contribution in [1.82, 2.24) is 20.2 Å². The highest BCUT2D eigenvalue weighted by atomic mass is 35.5. The third-order valence-corrected chi connectivity index (χ3v) is 6.08. The molecule has 8 heteroatoms. The number of methoxy groups -OCH3 is 1. The zero-order valence-electron chi connectivity index (χ0n) is 17.5. The lowest BCUT2D eigenvalue weighted by Crippen LogP contribution is -3.15. The van der Waals surface area contributed by atoms with Gasteiger partial charge in [-0.25, -0.2) is 4.68 Å². The van der Waals surface area contributed by atoms with Crippen LogP contribution >= 0.6 is 11.6 Å². The number of anilines is 1. The number of halogens is 1. The molecule has 7 nitrogen and oxygen atoms in total. The molecule has 1 aromatic heterocycles. The molecule has 30 heavy (non-hydrogen) atoms. The third kappa shape index (κ3) is 4.57. The van der Waals surface area contributed by atoms with Crippen molar-refractivity contribution in [1.29, 1.82) is 0 Å². The molecule has 2 aromatic carbocycles. The second-order valence-electron chi connectivity index (χ2n) is 7.63. The van der Waals surface area contributed by atoms with E-state index in [1.54, 1.807) is 7.11 Å². The van der Waals surface area contributed by atoms with Crippen LogP contribution in [-0.4, -0.2) is 53.5 Å². The summed E-state index contributed by atoms with van der Waals surface area (Å²) in [5.41, 5.74) is 2.35. The number of ether oxygens (including phenoxy) is 1. The lowest BCUT2D eigenvalue weighted by atomic mass is 10.1. The molecule has 158 valence electrons. The Hall–Kier alpha value is -2.64. The van der Waals surface area contributed by atoms with E-state index in [-0.39, 0.29) is 6.04 Å². The Morgan fingerprint density at radius 2 is 1.90 bits per heavy atom. The van der Waals surface area contributed by atoms with E-state index in [0.717, 1.165) is 54.8 Å². The first-order valence-corrected chi connectivity index (χ1v) is 10.8. The van der Waals surface area contributed by atoms with Crippen LogP contribution in [0.1, 0.15) is 30.8 Å². The van der Waals surface area contributed by atoms with Gasteiger partial charge in [0.05, 0.1) is 39.8 Å². The number of hydrogen-bond acceptors (Lipinski definition) is 5. The van der Waals surface area contributed by atoms with Crippen molar-refractivity contribution in [2.45, 2.75) is 25.9 Å². The quantitative estimate of drug-likeness (QED) is 0.626. The molecule has 1 N–H and O–H groups in total. The van der Waals surface area contributed by atoms with Crippen molar-refractivity contribution in [3.05, 3.63) is 64.9 Å². The largest absolute Gasteiger partial charge is 0.497 e. The Morgan fingerprint density at radius 1 is 1.13 bits per heavy atom. The lowest BCUT2D eigenvalue weighted by Gasteiger charge is -2.37. The van der Waals surface area contributed by atoms with Gasteiger partial charge in [0.1, 0.15) is 11.8 Å². The minimum atomic E-state index is 0.278. The summed E-state index contributed by atoms with van der Waals surface area (Å²) in [5, 5.41) is 13.5. The molecule has 0 bridgehead atoms. The normalized spacial score (nSPS) is 15.9. The first kappa shape index (κ1) is 20.6. The van der Waals surface area contributed by atoms with Gasteiger partial charge in [-0.15, -0.1) is 5.10 Å². The minimum Gasteiger partial charge on any atom is -0.497 e. The fourth-order valence-corrected chi connectivity index (χ4v) is 4.39. The Balaban J connectivity index is 1.44. The summed E-state index contributed by atoms with van der Waals surface area (Å²) in [7, 11) is 1.68. The molecular formula is C22H28ClN6O+. The maximum Gasteiger partial charge on any atom is 0.209 e. The van der Waals surface area contributed by atoms with E-state index in [2.05, 4.69) is 45.5 Å². The molecule has 0 saturated carbocycles. The Kier molecular flexibility index (Phi) is 6.50. The van der Waals surface area contributed by atoms with Crippen molar-refractivity contribution in [3.8, 4) is 5.75 Å². The number of benzene rings is 2. The van der Waals surface area contributed by atoms with E-state index in [0.29, 0.717) is 6.54 Å². The van der Waals surface area contributed by atoms with E-state index in [1.165, 1.54) is 10.6 Å². The molecule has 0 spiro atoms. The van der Waals surface area contributed by atoms with Gasteiger partial charge >= 0.3 is 0 Å². The van der Waals surface area contributed by atoms with Crippen molar-refractivity contribution >= 4 is 17.3 Å². The smallest absolute Gasteiger partial charge is 0.209 e. The molecule has 1 atom stereocenters. The zero-order valence-corrected chi connectivity index (χ0v) is 18.2. The highest BCUT2D eigenvalue weighted by molar-refractivity contribution is 6.30. The topological polar surface area (TPSA) is 60.5 Å². The molecular weight excluding hydrogens is 400 g/mol. The van der Waals surface area contributed by atoms with Crippen LogP contribution in [0.3, 0.4) is 0 Å². The standard InChI is InChI=1S/C22H27ClN6O/c1-3-21(28-13-11-27(12-14-28)19-6-4-5-18(23)15-19)22-24-25-26-29(22)16-17-7-9-20(30-2)10-8-17/h4-10,15,21H,3,11-14,16H2,1-2H3/p+1/t21-/m1/s1. The summed E-state index contributed by atoms with van der Waals surface area (Å²) in [6.45, 7) is 6.94. The first-order chi connectivity index (χ1) is 14.7. The fraction of sp³-hybridized carbons (Fsp3) is 0.409. The highest BCUT2D eigenvalue weighted by Crippen LogP contribution is 2.20. The van der Waals surface area contributed by atoms with E-state index >= 15 is 0 Å². The van der Waals surface area contributed by atoms with E-state index < -0.39 is 0 Å². The monoisotopic (exact) mass is 427 g/mol. The highest BCUT2D eigenvalue weighted by Gasteiger charge is 2.31. The molecule has 0 radical (unpaired) electrons. The number of nitrogens with one attached hydrogen (secondary N) is 1. The number of quaternary nitrogens is 1. The number of rotatable bonds is 7. The summed E-state index contributed by atoms with van der Waals surface area (Å²) < 4.78 is 7.19. The second kappa shape index (κ2) is 9.45. The van der Waals surface area contributed by atoms with Crippen molar-refractivity contribution in [2.24, 2.45) is 0 Å². The maximum absolute atomic E-state index is 6.17. The van der Waals surface area contributed by atoms with Gasteiger partial charge in [-0.3, -0.25) is 0 Å². The first-order valence-electron chi connectivity index (χ1n) is 10.4. The number of hydrogen-bond donors (Lipinski definition) is 1. The Labute approximate surface area is 182 Å². The molecule has 3 aromatic rings. The van der Waals surface area contributed by atoms with Crippen molar-refractivity contribution in [3.63, 3.8) is 0 Å². The van der Waals surface area contributed by atoms with Gasteiger partial charge in [0.25, 0.3) is 0 Å². The van der Waals surface area contributed by atoms with Crippen LogP contribution in [0.5, 0.6) is 5.75 Å². The summed E-state index contributed by atoms with van der Waals surface area (Å²) in [4.78, 5) is 3.93. The van der Waals surface area contributed by atoms with Crippen LogP contribution in [0.25, 0.3) is 0 Å². The Morgan fingerprint density at radius 3 is 2.57 bits per heavy atom. The van der Waals surface area contributed by atoms with Crippen LogP contribution < -0.4 is 14.5 Å². The van der Waals surface area contributed by atoms with Gasteiger partial charge in [-0.05, 0) is 46.3 Å². The predicted octanol–water partition coefficient (Wildman–Crippen LogP) is 2.24. The number of nitrogens with zero attached hydrogens (tertiary/aromatic N) is 5. The summed E-state index contributed by atoms with van der Waals surface area (Å²) in [5.74, 6) is 1.81. The van der Waals surface area contributed by atoms with Crippen LogP contribution in [-0.2, 0) is 6.54 Å². The van der Waals surface area contributed by atoms with Crippen LogP contribution in [0, 0.1) is 0 Å². The molecule has 4 rings (SSSR count). The molecule has 0 aliphatic carbocycles. The van der Waals surface area contributed by atoms with Crippen LogP contribution in [0.4, 0.5) is 5.69 Å². The summed E-state index contributed by atoms with van der Waals surface area (Å²) >= 11 is 6.17. The van der Waals surface area contributed by atoms with Crippen LogP contribution in [0.2, 0.25) is 5.02 Å². The van der Waals surface area contributed by atoms with E-state index in [9.17, 15) is 0 Å². The minimum absolute atomic E-state index is 0.278. The second-order valence-corrected chi connectivity index (χ2v) is 8.07. The molecule has 0 unspecified atom stereocenters. The molecule has 1 aliphatic heterocycles. The SMILES string of the molecule is CC[C@H](c1nnnn1Cc1ccc(OC)cc1)[NH+]1CCN(c2cccc(Cl)c2)CC1.